The molecule has 0 aromatic heterocycles. The van der Waals surface area contributed by atoms with Crippen molar-refractivity contribution in [3.05, 3.63) is 35.9 Å². The first kappa shape index (κ1) is 23.7. The molecule has 1 aliphatic carbocycles. The minimum absolute atomic E-state index is 0.140. The van der Waals surface area contributed by atoms with Crippen molar-refractivity contribution in [2.24, 2.45) is 5.92 Å². The molecule has 1 amide bonds. The Kier molecular flexibility index (Phi) is 8.05. The fourth-order valence-electron chi connectivity index (χ4n) is 4.33. The quantitative estimate of drug-likeness (QED) is 0.363. The minimum Gasteiger partial charge on any atom is -0.480 e. The molecule has 2 aliphatic rings. The van der Waals surface area contributed by atoms with Gasteiger partial charge in [-0.1, -0.05) is 36.8 Å². The largest absolute Gasteiger partial charge is 0.480 e. The van der Waals surface area contributed by atoms with Crippen molar-refractivity contribution in [3.63, 3.8) is 0 Å². The number of esters is 1. The van der Waals surface area contributed by atoms with Crippen LogP contribution < -0.4 is 0 Å². The lowest BCUT2D eigenvalue weighted by Crippen LogP contribution is -2.51. The Hall–Kier alpha value is -2.00. The molecule has 1 heterocycles. The number of carboxylic acid groups (broad SMARTS) is 1. The molecule has 1 saturated carbocycles. The van der Waals surface area contributed by atoms with Gasteiger partial charge in [0.05, 0.1) is 10.6 Å². The number of carbonyl (C=O) groups excluding carboxylic acids is 3. The molecule has 0 spiro atoms. The summed E-state index contributed by atoms with van der Waals surface area (Å²) in [6.45, 7) is 1.36. The molecule has 31 heavy (non-hydrogen) atoms. The zero-order valence-electron chi connectivity index (χ0n) is 17.3. The number of ether oxygens (including phenoxy) is 1. The first-order valence-corrected chi connectivity index (χ1v) is 12.0. The second-order valence-electron chi connectivity index (χ2n) is 7.93. The monoisotopic (exact) mass is 465 g/mol. The van der Waals surface area contributed by atoms with Gasteiger partial charge in [0.25, 0.3) is 0 Å². The Bertz CT molecular complexity index is 833. The molecule has 0 bridgehead atoms. The van der Waals surface area contributed by atoms with Crippen LogP contribution in [-0.2, 0) is 19.1 Å². The summed E-state index contributed by atoms with van der Waals surface area (Å²) in [5.74, 6) is -2.02. The summed E-state index contributed by atoms with van der Waals surface area (Å²) in [6, 6.07) is 7.62. The van der Waals surface area contributed by atoms with Crippen LogP contribution in [0.25, 0.3) is 0 Å². The van der Waals surface area contributed by atoms with Crippen LogP contribution in [0.4, 0.5) is 0 Å². The van der Waals surface area contributed by atoms with E-state index in [-0.39, 0.29) is 35.9 Å². The van der Waals surface area contributed by atoms with Crippen molar-refractivity contribution in [2.75, 3.05) is 5.75 Å². The maximum atomic E-state index is 13.2. The van der Waals surface area contributed by atoms with Crippen molar-refractivity contribution >= 4 is 48.0 Å². The molecule has 4 unspecified atom stereocenters. The lowest BCUT2D eigenvalue weighted by molar-refractivity contribution is -0.156. The summed E-state index contributed by atoms with van der Waals surface area (Å²) in [7, 11) is 0. The Morgan fingerprint density at radius 3 is 2.52 bits per heavy atom. The molecular formula is C22H27NO6S2. The van der Waals surface area contributed by atoms with E-state index in [0.29, 0.717) is 12.0 Å². The van der Waals surface area contributed by atoms with Crippen LogP contribution in [0.3, 0.4) is 0 Å². The lowest BCUT2D eigenvalue weighted by Gasteiger charge is -2.39. The van der Waals surface area contributed by atoms with Gasteiger partial charge in [0, 0.05) is 30.6 Å². The number of nitrogens with zero attached hydrogens (tertiary/aromatic N) is 1. The Morgan fingerprint density at radius 1 is 1.19 bits per heavy atom. The summed E-state index contributed by atoms with van der Waals surface area (Å²) < 4.78 is 5.51. The van der Waals surface area contributed by atoms with Crippen LogP contribution in [0.2, 0.25) is 0 Å². The third kappa shape index (κ3) is 5.63. The highest BCUT2D eigenvalue weighted by Gasteiger charge is 2.48. The van der Waals surface area contributed by atoms with E-state index < -0.39 is 28.5 Å². The highest BCUT2D eigenvalue weighted by atomic mass is 32.2. The molecule has 0 radical (unpaired) electrons. The van der Waals surface area contributed by atoms with E-state index in [4.69, 9.17) is 4.74 Å². The van der Waals surface area contributed by atoms with Gasteiger partial charge in [0.2, 0.25) is 5.91 Å². The molecule has 9 heteroatoms. The van der Waals surface area contributed by atoms with Crippen molar-refractivity contribution in [1.82, 2.24) is 4.90 Å². The number of rotatable bonds is 7. The van der Waals surface area contributed by atoms with Crippen LogP contribution in [0, 0.1) is 5.92 Å². The smallest absolute Gasteiger partial charge is 0.327 e. The van der Waals surface area contributed by atoms with Crippen molar-refractivity contribution < 1.29 is 29.0 Å². The van der Waals surface area contributed by atoms with Gasteiger partial charge in [-0.15, -0.1) is 11.8 Å². The summed E-state index contributed by atoms with van der Waals surface area (Å²) in [5, 5.41) is 8.42. The van der Waals surface area contributed by atoms with Crippen molar-refractivity contribution in [3.8, 4) is 0 Å². The maximum absolute atomic E-state index is 13.2. The number of thiol groups is 1. The number of amides is 1. The number of carbonyl (C=O) groups is 4. The Morgan fingerprint density at radius 2 is 1.87 bits per heavy atom. The van der Waals surface area contributed by atoms with Gasteiger partial charge < -0.3 is 14.7 Å². The Labute approximate surface area is 191 Å². The molecule has 1 aromatic rings. The molecule has 168 valence electrons. The number of benzene rings is 1. The van der Waals surface area contributed by atoms with Gasteiger partial charge in [-0.05, 0) is 19.3 Å². The maximum Gasteiger partial charge on any atom is 0.327 e. The van der Waals surface area contributed by atoms with Gasteiger partial charge in [-0.25, -0.2) is 4.79 Å². The van der Waals surface area contributed by atoms with E-state index in [1.807, 2.05) is 0 Å². The second-order valence-corrected chi connectivity index (χ2v) is 9.70. The fourth-order valence-corrected chi connectivity index (χ4v) is 6.30. The van der Waals surface area contributed by atoms with E-state index in [1.165, 1.54) is 23.6 Å². The molecule has 7 nitrogen and oxygen atoms in total. The molecule has 2 fully saturated rings. The number of aliphatic carboxylic acids is 1. The number of hydrogen-bond donors (Lipinski definition) is 2. The third-order valence-corrected chi connectivity index (χ3v) is 7.62. The van der Waals surface area contributed by atoms with E-state index in [2.05, 4.69) is 12.6 Å². The SMILES string of the molecule is CC(=O)OC1CCCCC1C1SC[C@@H](C(=O)O)N1C(=O)CC(S)C(=O)c1ccccc1. The van der Waals surface area contributed by atoms with Crippen LogP contribution in [0.5, 0.6) is 0 Å². The van der Waals surface area contributed by atoms with E-state index in [0.717, 1.165) is 19.3 Å². The zero-order chi connectivity index (χ0) is 22.5. The van der Waals surface area contributed by atoms with Crippen LogP contribution in [0.1, 0.15) is 49.4 Å². The molecule has 1 aliphatic heterocycles. The number of ketones is 1. The number of hydrogen-bond acceptors (Lipinski definition) is 7. The van der Waals surface area contributed by atoms with E-state index >= 15 is 0 Å². The molecule has 1 aromatic carbocycles. The third-order valence-electron chi connectivity index (χ3n) is 5.77. The van der Waals surface area contributed by atoms with Gasteiger partial charge >= 0.3 is 11.9 Å². The van der Waals surface area contributed by atoms with Crippen molar-refractivity contribution in [1.29, 1.82) is 0 Å². The first-order chi connectivity index (χ1) is 14.8. The summed E-state index contributed by atoms with van der Waals surface area (Å²) >= 11 is 5.76. The minimum atomic E-state index is -1.08. The Balaban J connectivity index is 1.78. The fraction of sp³-hybridized carbons (Fsp3) is 0.545. The van der Waals surface area contributed by atoms with Gasteiger partial charge in [-0.2, -0.15) is 12.6 Å². The molecular weight excluding hydrogens is 438 g/mol. The standard InChI is InChI=1S/C22H27NO6S2/c1-13(24)29-17-10-6-5-9-15(17)21-23(16(12-31-21)22(27)28)19(25)11-18(30)20(26)14-7-3-2-4-8-14/h2-4,7-8,15-18,21,30H,5-6,9-12H2,1H3,(H,27,28)/t15?,16-,17?,18?,21?/m0/s1. The highest BCUT2D eigenvalue weighted by molar-refractivity contribution is 8.00. The summed E-state index contributed by atoms with van der Waals surface area (Å²) in [5.41, 5.74) is 0.458. The van der Waals surface area contributed by atoms with Crippen molar-refractivity contribution in [2.45, 2.75) is 61.8 Å². The average molecular weight is 466 g/mol. The van der Waals surface area contributed by atoms with Crippen LogP contribution in [0.15, 0.2) is 30.3 Å². The number of Topliss-reactive ketones (excluding diaryl/α,β-unsaturated/α-hetero) is 1. The lowest BCUT2D eigenvalue weighted by atomic mass is 9.85. The van der Waals surface area contributed by atoms with Gasteiger partial charge in [-0.3, -0.25) is 14.4 Å². The zero-order valence-corrected chi connectivity index (χ0v) is 19.0. The summed E-state index contributed by atoms with van der Waals surface area (Å²) in [6.07, 6.45) is 2.77. The average Bonchev–Trinajstić information content (AvgIpc) is 3.19. The van der Waals surface area contributed by atoms with E-state index in [9.17, 15) is 24.3 Å². The van der Waals surface area contributed by atoms with Crippen LogP contribution >= 0.6 is 24.4 Å². The second kappa shape index (κ2) is 10.5. The van der Waals surface area contributed by atoms with Gasteiger partial charge in [0.1, 0.15) is 12.1 Å². The topological polar surface area (TPSA) is 101 Å². The highest BCUT2D eigenvalue weighted by Crippen LogP contribution is 2.42. The molecule has 5 atom stereocenters. The molecule has 1 saturated heterocycles. The predicted molar refractivity (Wildman–Crippen MR) is 120 cm³/mol. The number of thioether (sulfide) groups is 1. The first-order valence-electron chi connectivity index (χ1n) is 10.4. The molecule has 3 rings (SSSR count). The number of carboxylic acids is 1. The predicted octanol–water partition coefficient (Wildman–Crippen LogP) is 3.03. The molecule has 1 N–H and O–H groups in total. The van der Waals surface area contributed by atoms with Gasteiger partial charge in [0.15, 0.2) is 5.78 Å². The normalized spacial score (nSPS) is 26.8. The van der Waals surface area contributed by atoms with E-state index in [1.54, 1.807) is 30.3 Å². The summed E-state index contributed by atoms with van der Waals surface area (Å²) in [4.78, 5) is 50.7. The van der Waals surface area contributed by atoms with Crippen LogP contribution in [-0.4, -0.2) is 62.2 Å².